The minimum Gasteiger partial charge on any atom is -0.508 e. The van der Waals surface area contributed by atoms with Gasteiger partial charge in [-0.25, -0.2) is 4.79 Å². The number of carboxylic acids is 1. The van der Waals surface area contributed by atoms with Crippen molar-refractivity contribution in [2.75, 3.05) is 0 Å². The van der Waals surface area contributed by atoms with Gasteiger partial charge < -0.3 is 15.3 Å². The zero-order chi connectivity index (χ0) is 13.3. The fourth-order valence-corrected chi connectivity index (χ4v) is 1.43. The van der Waals surface area contributed by atoms with Gasteiger partial charge in [0.15, 0.2) is 5.78 Å². The highest BCUT2D eigenvalue weighted by Gasteiger charge is 2.27. The summed E-state index contributed by atoms with van der Waals surface area (Å²) in [5.41, 5.74) is -1.22. The van der Waals surface area contributed by atoms with E-state index in [0.717, 1.165) is 13.0 Å². The Hall–Kier alpha value is -2.37. The molecule has 0 saturated carbocycles. The largest absolute Gasteiger partial charge is 0.508 e. The quantitative estimate of drug-likeness (QED) is 0.532. The summed E-state index contributed by atoms with van der Waals surface area (Å²) >= 11 is 0. The van der Waals surface area contributed by atoms with Crippen molar-refractivity contribution in [2.45, 2.75) is 13.8 Å². The number of aromatic hydroxyl groups is 2. The van der Waals surface area contributed by atoms with Gasteiger partial charge in [-0.3, -0.25) is 9.59 Å². The van der Waals surface area contributed by atoms with Crippen LogP contribution in [-0.4, -0.2) is 32.9 Å². The highest BCUT2D eigenvalue weighted by Crippen LogP contribution is 2.32. The van der Waals surface area contributed by atoms with E-state index < -0.39 is 40.2 Å². The van der Waals surface area contributed by atoms with E-state index in [9.17, 15) is 24.6 Å². The number of ketones is 2. The highest BCUT2D eigenvalue weighted by molar-refractivity contribution is 6.44. The molecule has 0 spiro atoms. The topological polar surface area (TPSA) is 112 Å². The smallest absolute Gasteiger partial charge is 0.340 e. The van der Waals surface area contributed by atoms with Gasteiger partial charge in [0.2, 0.25) is 5.78 Å². The molecule has 0 bridgehead atoms. The van der Waals surface area contributed by atoms with Gasteiger partial charge in [-0.05, 0) is 6.92 Å². The highest BCUT2D eigenvalue weighted by atomic mass is 16.4. The molecule has 0 aliphatic rings. The first-order chi connectivity index (χ1) is 7.77. The number of benzene rings is 1. The summed E-state index contributed by atoms with van der Waals surface area (Å²) in [6.45, 7) is 2.27. The number of carbonyl (C=O) groups is 3. The molecular weight excluding hydrogens is 228 g/mol. The van der Waals surface area contributed by atoms with Crippen molar-refractivity contribution in [3.05, 3.63) is 22.8 Å². The van der Waals surface area contributed by atoms with E-state index in [1.54, 1.807) is 0 Å². The fourth-order valence-electron chi connectivity index (χ4n) is 1.43. The molecule has 0 atom stereocenters. The van der Waals surface area contributed by atoms with Crippen LogP contribution < -0.4 is 0 Å². The lowest BCUT2D eigenvalue weighted by Crippen LogP contribution is -2.17. The van der Waals surface area contributed by atoms with Gasteiger partial charge in [-0.1, -0.05) is 0 Å². The van der Waals surface area contributed by atoms with Crippen LogP contribution in [0.5, 0.6) is 11.5 Å². The molecule has 0 aromatic heterocycles. The minimum atomic E-state index is -1.55. The molecule has 1 rings (SSSR count). The number of Topliss-reactive ketones (excluding diaryl/α,β-unsaturated/α-hetero) is 2. The predicted molar refractivity (Wildman–Crippen MR) is 56.5 cm³/mol. The van der Waals surface area contributed by atoms with E-state index in [1.807, 2.05) is 0 Å². The first-order valence-electron chi connectivity index (χ1n) is 4.61. The molecule has 17 heavy (non-hydrogen) atoms. The van der Waals surface area contributed by atoms with Crippen molar-refractivity contribution in [2.24, 2.45) is 0 Å². The van der Waals surface area contributed by atoms with Crippen molar-refractivity contribution < 1.29 is 29.7 Å². The van der Waals surface area contributed by atoms with Gasteiger partial charge in [0, 0.05) is 18.6 Å². The van der Waals surface area contributed by atoms with E-state index >= 15 is 0 Å². The van der Waals surface area contributed by atoms with E-state index in [1.165, 1.54) is 6.92 Å². The normalized spacial score (nSPS) is 10.0. The Morgan fingerprint density at radius 1 is 1.06 bits per heavy atom. The minimum absolute atomic E-state index is 0.0552. The lowest BCUT2D eigenvalue weighted by molar-refractivity contribution is -0.113. The van der Waals surface area contributed by atoms with Gasteiger partial charge in [-0.2, -0.15) is 0 Å². The van der Waals surface area contributed by atoms with Crippen molar-refractivity contribution >= 4 is 17.5 Å². The summed E-state index contributed by atoms with van der Waals surface area (Å²) in [6, 6.07) is 0.815. The van der Waals surface area contributed by atoms with Crippen LogP contribution in [0.4, 0.5) is 0 Å². The first kappa shape index (κ1) is 12.7. The molecule has 90 valence electrons. The number of hydrogen-bond donors (Lipinski definition) is 3. The van der Waals surface area contributed by atoms with Crippen LogP contribution in [0, 0.1) is 6.92 Å². The number of carbonyl (C=O) groups excluding carboxylic acids is 2. The van der Waals surface area contributed by atoms with Crippen molar-refractivity contribution in [3.8, 4) is 11.5 Å². The maximum atomic E-state index is 11.6. The second-order valence-electron chi connectivity index (χ2n) is 3.48. The molecule has 6 nitrogen and oxygen atoms in total. The van der Waals surface area contributed by atoms with Gasteiger partial charge in [0.1, 0.15) is 17.1 Å². The van der Waals surface area contributed by atoms with E-state index in [2.05, 4.69) is 0 Å². The monoisotopic (exact) mass is 238 g/mol. The molecule has 0 heterocycles. The Balaban J connectivity index is 3.71. The zero-order valence-corrected chi connectivity index (χ0v) is 9.14. The third-order valence-corrected chi connectivity index (χ3v) is 2.30. The average molecular weight is 238 g/mol. The third kappa shape index (κ3) is 2.10. The Labute approximate surface area is 96.1 Å². The summed E-state index contributed by atoms with van der Waals surface area (Å²) < 4.78 is 0. The lowest BCUT2D eigenvalue weighted by Gasteiger charge is -2.10. The van der Waals surface area contributed by atoms with Gasteiger partial charge in [-0.15, -0.1) is 0 Å². The molecule has 0 fully saturated rings. The van der Waals surface area contributed by atoms with Crippen molar-refractivity contribution in [3.63, 3.8) is 0 Å². The molecule has 0 radical (unpaired) electrons. The molecule has 1 aromatic rings. The van der Waals surface area contributed by atoms with Crippen LogP contribution in [0.15, 0.2) is 6.07 Å². The van der Waals surface area contributed by atoms with Gasteiger partial charge >= 0.3 is 5.97 Å². The summed E-state index contributed by atoms with van der Waals surface area (Å²) in [7, 11) is 0. The van der Waals surface area contributed by atoms with Crippen LogP contribution >= 0.6 is 0 Å². The number of phenols is 2. The molecule has 0 aliphatic carbocycles. The Morgan fingerprint density at radius 3 is 2.00 bits per heavy atom. The molecule has 0 saturated heterocycles. The van der Waals surface area contributed by atoms with E-state index in [-0.39, 0.29) is 5.56 Å². The third-order valence-electron chi connectivity index (χ3n) is 2.30. The fraction of sp³-hybridized carbons (Fsp3) is 0.182. The van der Waals surface area contributed by atoms with Crippen molar-refractivity contribution in [1.82, 2.24) is 0 Å². The Morgan fingerprint density at radius 2 is 1.59 bits per heavy atom. The van der Waals surface area contributed by atoms with Crippen LogP contribution in [0.1, 0.15) is 33.2 Å². The second kappa shape index (κ2) is 4.25. The molecule has 0 aliphatic heterocycles. The first-order valence-corrected chi connectivity index (χ1v) is 4.61. The zero-order valence-electron chi connectivity index (χ0n) is 9.14. The van der Waals surface area contributed by atoms with Crippen LogP contribution in [0.2, 0.25) is 0 Å². The van der Waals surface area contributed by atoms with E-state index in [0.29, 0.717) is 0 Å². The van der Waals surface area contributed by atoms with Crippen LogP contribution in [0.3, 0.4) is 0 Å². The number of rotatable bonds is 3. The second-order valence-corrected chi connectivity index (χ2v) is 3.48. The Kier molecular flexibility index (Phi) is 3.17. The SMILES string of the molecule is CC(=O)C(=O)c1c(C)c(O)cc(O)c1C(=O)O. The summed E-state index contributed by atoms with van der Waals surface area (Å²) in [5.74, 6) is -4.69. The van der Waals surface area contributed by atoms with Gasteiger partial charge in [0.05, 0.1) is 5.56 Å². The molecule has 6 heteroatoms. The predicted octanol–water partition coefficient (Wildman–Crippen LogP) is 0.876. The maximum Gasteiger partial charge on any atom is 0.340 e. The average Bonchev–Trinajstić information content (AvgIpc) is 2.21. The summed E-state index contributed by atoms with van der Waals surface area (Å²) in [5, 5.41) is 27.7. The summed E-state index contributed by atoms with van der Waals surface area (Å²) in [6.07, 6.45) is 0. The number of carboxylic acid groups (broad SMARTS) is 1. The maximum absolute atomic E-state index is 11.6. The van der Waals surface area contributed by atoms with Crippen LogP contribution in [-0.2, 0) is 4.79 Å². The van der Waals surface area contributed by atoms with E-state index in [4.69, 9.17) is 5.11 Å². The van der Waals surface area contributed by atoms with Crippen LogP contribution in [0.25, 0.3) is 0 Å². The van der Waals surface area contributed by atoms with Crippen molar-refractivity contribution in [1.29, 1.82) is 0 Å². The standard InChI is InChI=1S/C11H10O6/c1-4-6(13)3-7(14)9(11(16)17)8(4)10(15)5(2)12/h3,13-14H,1-2H3,(H,16,17). The molecule has 0 amide bonds. The Bertz CT molecular complexity index is 529. The lowest BCUT2D eigenvalue weighted by atomic mass is 9.95. The molecule has 1 aromatic carbocycles. The molecule has 3 N–H and O–H groups in total. The molecular formula is C11H10O6. The summed E-state index contributed by atoms with van der Waals surface area (Å²) in [4.78, 5) is 33.5. The number of phenolic OH excluding ortho intramolecular Hbond substituents is 1. The molecule has 0 unspecified atom stereocenters. The number of hydrogen-bond acceptors (Lipinski definition) is 5. The number of aromatic carboxylic acids is 1. The van der Waals surface area contributed by atoms with Gasteiger partial charge in [0.25, 0.3) is 0 Å².